The Kier molecular flexibility index (Phi) is 7.44. The van der Waals surface area contributed by atoms with Crippen molar-refractivity contribution < 1.29 is 19.1 Å². The molecule has 0 aliphatic rings. The van der Waals surface area contributed by atoms with Crippen molar-refractivity contribution >= 4 is 34.4 Å². The first-order valence-corrected chi connectivity index (χ1v) is 9.51. The van der Waals surface area contributed by atoms with Gasteiger partial charge in [0.2, 0.25) is 5.91 Å². The fourth-order valence-corrected chi connectivity index (χ4v) is 2.65. The molecule has 0 saturated carbocycles. The number of nitrogens with zero attached hydrogens (tertiary/aromatic N) is 2. The van der Waals surface area contributed by atoms with Gasteiger partial charge >= 0.3 is 6.09 Å². The summed E-state index contributed by atoms with van der Waals surface area (Å²) in [6, 6.07) is 4.08. The zero-order valence-corrected chi connectivity index (χ0v) is 16.7. The van der Waals surface area contributed by atoms with Crippen LogP contribution in [0.15, 0.2) is 36.0 Å². The van der Waals surface area contributed by atoms with Crippen LogP contribution in [-0.2, 0) is 9.53 Å². The molecule has 10 heteroatoms. The summed E-state index contributed by atoms with van der Waals surface area (Å²) in [5.41, 5.74) is -0.431. The summed E-state index contributed by atoms with van der Waals surface area (Å²) >= 11 is 1.26. The number of amides is 3. The van der Waals surface area contributed by atoms with Gasteiger partial charge in [0.25, 0.3) is 5.91 Å². The Bertz CT molecular complexity index is 790. The number of rotatable bonds is 7. The average Bonchev–Trinajstić information content (AvgIpc) is 3.13. The van der Waals surface area contributed by atoms with Gasteiger partial charge in [-0.15, -0.1) is 11.3 Å². The number of carbonyl (C=O) groups is 3. The molecule has 150 valence electrons. The van der Waals surface area contributed by atoms with Gasteiger partial charge in [0.05, 0.1) is 0 Å². The van der Waals surface area contributed by atoms with Crippen LogP contribution in [0.2, 0.25) is 0 Å². The molecule has 2 rings (SSSR count). The Morgan fingerprint density at radius 3 is 2.57 bits per heavy atom. The first-order valence-electron chi connectivity index (χ1n) is 8.64. The van der Waals surface area contributed by atoms with E-state index in [0.717, 1.165) is 0 Å². The summed E-state index contributed by atoms with van der Waals surface area (Å²) in [5.74, 6) is -0.815. The van der Waals surface area contributed by atoms with Crippen molar-refractivity contribution in [3.05, 3.63) is 41.7 Å². The summed E-state index contributed by atoms with van der Waals surface area (Å²) in [7, 11) is 0. The zero-order valence-electron chi connectivity index (χ0n) is 15.9. The van der Waals surface area contributed by atoms with E-state index in [0.29, 0.717) is 5.13 Å². The summed E-state index contributed by atoms with van der Waals surface area (Å²) < 4.78 is 5.21. The van der Waals surface area contributed by atoms with Gasteiger partial charge in [0.15, 0.2) is 5.13 Å². The van der Waals surface area contributed by atoms with Crippen LogP contribution in [0.5, 0.6) is 0 Å². The van der Waals surface area contributed by atoms with Gasteiger partial charge < -0.3 is 20.7 Å². The van der Waals surface area contributed by atoms with Crippen LogP contribution < -0.4 is 16.0 Å². The van der Waals surface area contributed by atoms with Gasteiger partial charge in [-0.3, -0.25) is 14.6 Å². The van der Waals surface area contributed by atoms with Crippen LogP contribution in [0.3, 0.4) is 0 Å². The van der Waals surface area contributed by atoms with Crippen LogP contribution in [0.25, 0.3) is 0 Å². The van der Waals surface area contributed by atoms with Crippen molar-refractivity contribution in [3.8, 4) is 0 Å². The molecule has 0 aromatic carbocycles. The molecule has 2 aromatic heterocycles. The quantitative estimate of drug-likeness (QED) is 0.649. The van der Waals surface area contributed by atoms with Crippen LogP contribution in [0, 0.1) is 0 Å². The largest absolute Gasteiger partial charge is 0.444 e. The van der Waals surface area contributed by atoms with E-state index in [9.17, 15) is 14.4 Å². The first-order chi connectivity index (χ1) is 13.2. The second-order valence-corrected chi connectivity index (χ2v) is 7.68. The summed E-state index contributed by atoms with van der Waals surface area (Å²) in [6.45, 7) is 5.33. The highest BCUT2D eigenvalue weighted by molar-refractivity contribution is 7.13. The number of alkyl carbamates (subject to hydrolysis) is 1. The van der Waals surface area contributed by atoms with E-state index in [2.05, 4.69) is 25.9 Å². The van der Waals surface area contributed by atoms with E-state index in [-0.39, 0.29) is 24.6 Å². The van der Waals surface area contributed by atoms with Gasteiger partial charge in [-0.05, 0) is 39.3 Å². The van der Waals surface area contributed by atoms with E-state index >= 15 is 0 Å². The molecule has 0 bridgehead atoms. The van der Waals surface area contributed by atoms with Crippen molar-refractivity contribution in [3.63, 3.8) is 0 Å². The number of hydrogen-bond acceptors (Lipinski definition) is 7. The molecule has 0 spiro atoms. The van der Waals surface area contributed by atoms with Crippen molar-refractivity contribution in [1.82, 2.24) is 20.6 Å². The fraction of sp³-hybridized carbons (Fsp3) is 0.389. The standard InChI is InChI=1S/C18H23N5O4S/c1-18(2,3)27-17(26)22-13(15(25)23-16-21-10-11-28-16)7-9-20-14(24)12-6-4-5-8-19-12/h4-6,8,10-11,13H,7,9H2,1-3H3,(H,20,24)(H,22,26)(H,21,23,25)/t13-/m0/s1. The third-order valence-electron chi connectivity index (χ3n) is 3.29. The minimum Gasteiger partial charge on any atom is -0.444 e. The van der Waals surface area contributed by atoms with Gasteiger partial charge in [0.1, 0.15) is 17.3 Å². The van der Waals surface area contributed by atoms with E-state index in [1.807, 2.05) is 0 Å². The number of pyridine rings is 1. The molecule has 0 aliphatic heterocycles. The van der Waals surface area contributed by atoms with E-state index in [1.165, 1.54) is 17.5 Å². The van der Waals surface area contributed by atoms with Crippen LogP contribution in [0.1, 0.15) is 37.7 Å². The first kappa shape index (κ1) is 21.3. The SMILES string of the molecule is CC(C)(C)OC(=O)N[C@@H](CCNC(=O)c1ccccn1)C(=O)Nc1nccs1. The van der Waals surface area contributed by atoms with Crippen LogP contribution >= 0.6 is 11.3 Å². The lowest BCUT2D eigenvalue weighted by molar-refractivity contribution is -0.118. The van der Waals surface area contributed by atoms with Crippen LogP contribution in [0.4, 0.5) is 9.93 Å². The Morgan fingerprint density at radius 1 is 1.18 bits per heavy atom. The van der Waals surface area contributed by atoms with Gasteiger partial charge in [-0.2, -0.15) is 0 Å². The molecule has 28 heavy (non-hydrogen) atoms. The van der Waals surface area contributed by atoms with Crippen molar-refractivity contribution in [2.45, 2.75) is 38.8 Å². The highest BCUT2D eigenvalue weighted by atomic mass is 32.1. The van der Waals surface area contributed by atoms with E-state index in [4.69, 9.17) is 4.74 Å². The molecular weight excluding hydrogens is 382 g/mol. The molecule has 9 nitrogen and oxygen atoms in total. The third kappa shape index (κ3) is 7.31. The monoisotopic (exact) mass is 405 g/mol. The fourth-order valence-electron chi connectivity index (χ4n) is 2.11. The van der Waals surface area contributed by atoms with Crippen LogP contribution in [-0.4, -0.2) is 46.1 Å². The lowest BCUT2D eigenvalue weighted by Gasteiger charge is -2.23. The van der Waals surface area contributed by atoms with Gasteiger partial charge in [0, 0.05) is 24.3 Å². The second kappa shape index (κ2) is 9.79. The summed E-state index contributed by atoms with van der Waals surface area (Å²) in [5, 5.41) is 9.98. The molecule has 0 radical (unpaired) electrons. The molecular formula is C18H23N5O4S. The Hall–Kier alpha value is -3.01. The van der Waals surface area contributed by atoms with Crippen molar-refractivity contribution in [2.75, 3.05) is 11.9 Å². The minimum absolute atomic E-state index is 0.154. The zero-order chi connectivity index (χ0) is 20.6. The molecule has 3 amide bonds. The molecule has 1 atom stereocenters. The maximum Gasteiger partial charge on any atom is 0.408 e. The topological polar surface area (TPSA) is 122 Å². The number of nitrogens with one attached hydrogen (secondary N) is 3. The maximum absolute atomic E-state index is 12.5. The normalized spacial score (nSPS) is 12.0. The number of aromatic nitrogens is 2. The number of ether oxygens (including phenoxy) is 1. The number of thiazole rings is 1. The van der Waals surface area contributed by atoms with Gasteiger partial charge in [-0.25, -0.2) is 9.78 Å². The molecule has 0 unspecified atom stereocenters. The molecule has 0 aliphatic carbocycles. The smallest absolute Gasteiger partial charge is 0.408 e. The highest BCUT2D eigenvalue weighted by Gasteiger charge is 2.25. The maximum atomic E-state index is 12.5. The second-order valence-electron chi connectivity index (χ2n) is 6.78. The predicted octanol–water partition coefficient (Wildman–Crippen LogP) is 2.19. The Morgan fingerprint density at radius 2 is 1.96 bits per heavy atom. The molecule has 2 aromatic rings. The van der Waals surface area contributed by atoms with Crippen molar-refractivity contribution in [1.29, 1.82) is 0 Å². The van der Waals surface area contributed by atoms with Crippen molar-refractivity contribution in [2.24, 2.45) is 0 Å². The highest BCUT2D eigenvalue weighted by Crippen LogP contribution is 2.12. The molecule has 2 heterocycles. The molecule has 3 N–H and O–H groups in total. The lowest BCUT2D eigenvalue weighted by Crippen LogP contribution is -2.47. The lowest BCUT2D eigenvalue weighted by atomic mass is 10.2. The number of carbonyl (C=O) groups excluding carboxylic acids is 3. The summed E-state index contributed by atoms with van der Waals surface area (Å²) in [4.78, 5) is 44.6. The molecule has 0 fully saturated rings. The number of hydrogen-bond donors (Lipinski definition) is 3. The number of anilines is 1. The van der Waals surface area contributed by atoms with E-state index < -0.39 is 23.6 Å². The Balaban J connectivity index is 1.95. The third-order valence-corrected chi connectivity index (χ3v) is 3.97. The van der Waals surface area contributed by atoms with Gasteiger partial charge in [-0.1, -0.05) is 6.07 Å². The summed E-state index contributed by atoms with van der Waals surface area (Å²) in [6.07, 6.45) is 2.52. The average molecular weight is 405 g/mol. The minimum atomic E-state index is -0.914. The predicted molar refractivity (Wildman–Crippen MR) is 105 cm³/mol. The molecule has 0 saturated heterocycles. The Labute approximate surface area is 166 Å². The van der Waals surface area contributed by atoms with E-state index in [1.54, 1.807) is 50.5 Å².